The van der Waals surface area contributed by atoms with Crippen LogP contribution in [0.25, 0.3) is 0 Å². The number of hydrogen-bond acceptors (Lipinski definition) is 15. The third kappa shape index (κ3) is 60.3. The predicted octanol–water partition coefficient (Wildman–Crippen LogP) is 19.6. The van der Waals surface area contributed by atoms with Gasteiger partial charge in [0.2, 0.25) is 0 Å². The smallest absolute Gasteiger partial charge is 0.462 e. The minimum atomic E-state index is -4.95. The number of ether oxygens (including phenoxy) is 4. The molecule has 522 valence electrons. The molecule has 88 heavy (non-hydrogen) atoms. The first kappa shape index (κ1) is 86.1. The molecule has 0 aliphatic carbocycles. The molecule has 0 aromatic heterocycles. The van der Waals surface area contributed by atoms with E-state index < -0.39 is 97.5 Å². The first-order valence-corrected chi connectivity index (χ1v) is 39.1. The number of rotatable bonds is 68. The van der Waals surface area contributed by atoms with Crippen LogP contribution in [-0.4, -0.2) is 96.7 Å². The van der Waals surface area contributed by atoms with Crippen molar-refractivity contribution in [3.8, 4) is 0 Å². The number of carbonyl (C=O) groups is 4. The molecule has 19 heteroatoms. The summed E-state index contributed by atoms with van der Waals surface area (Å²) in [5.41, 5.74) is 0. The average Bonchev–Trinajstić information content (AvgIpc) is 3.70. The largest absolute Gasteiger partial charge is 0.472 e. The second-order valence-electron chi connectivity index (χ2n) is 25.4. The highest BCUT2D eigenvalue weighted by Gasteiger charge is 2.30. The summed E-state index contributed by atoms with van der Waals surface area (Å²) in [6.07, 6.45) is 46.0. The molecule has 4 unspecified atom stereocenters. The second-order valence-corrected chi connectivity index (χ2v) is 28.3. The van der Waals surface area contributed by atoms with Crippen LogP contribution in [0.15, 0.2) is 0 Å². The van der Waals surface area contributed by atoms with Gasteiger partial charge in [0.05, 0.1) is 26.4 Å². The van der Waals surface area contributed by atoms with Gasteiger partial charge in [0.25, 0.3) is 0 Å². The average molecular weight is 1300 g/mol. The van der Waals surface area contributed by atoms with Crippen LogP contribution in [0.3, 0.4) is 0 Å². The van der Waals surface area contributed by atoms with Gasteiger partial charge in [0, 0.05) is 25.7 Å². The maximum Gasteiger partial charge on any atom is 0.472 e. The molecule has 0 bridgehead atoms. The van der Waals surface area contributed by atoms with Crippen LogP contribution in [0.2, 0.25) is 0 Å². The van der Waals surface area contributed by atoms with Crippen molar-refractivity contribution in [2.24, 2.45) is 11.8 Å². The summed E-state index contributed by atoms with van der Waals surface area (Å²) in [4.78, 5) is 72.2. The van der Waals surface area contributed by atoms with E-state index in [4.69, 9.17) is 37.0 Å². The van der Waals surface area contributed by atoms with Crippen LogP contribution >= 0.6 is 15.6 Å². The Bertz CT molecular complexity index is 1720. The lowest BCUT2D eigenvalue weighted by Crippen LogP contribution is -2.30. The van der Waals surface area contributed by atoms with Crippen LogP contribution < -0.4 is 0 Å². The van der Waals surface area contributed by atoms with Crippen molar-refractivity contribution in [1.29, 1.82) is 0 Å². The maximum absolute atomic E-state index is 13.0. The summed E-state index contributed by atoms with van der Waals surface area (Å²) in [5, 5.41) is 10.5. The Labute approximate surface area is 537 Å². The molecule has 0 aliphatic heterocycles. The first-order chi connectivity index (χ1) is 42.4. The van der Waals surface area contributed by atoms with E-state index in [1.54, 1.807) is 0 Å². The lowest BCUT2D eigenvalue weighted by atomic mass is 9.99. The lowest BCUT2D eigenvalue weighted by Gasteiger charge is -2.21. The summed E-state index contributed by atoms with van der Waals surface area (Å²) in [7, 11) is -9.89. The number of esters is 4. The molecule has 0 aromatic rings. The Morgan fingerprint density at radius 1 is 0.318 bits per heavy atom. The van der Waals surface area contributed by atoms with Gasteiger partial charge in [0.1, 0.15) is 19.3 Å². The number of hydrogen-bond donors (Lipinski definition) is 3. The van der Waals surface area contributed by atoms with E-state index >= 15 is 0 Å². The highest BCUT2D eigenvalue weighted by atomic mass is 31.2. The summed E-state index contributed by atoms with van der Waals surface area (Å²) in [6, 6.07) is 0. The van der Waals surface area contributed by atoms with Crippen molar-refractivity contribution < 1.29 is 80.2 Å². The van der Waals surface area contributed by atoms with E-state index in [0.29, 0.717) is 25.7 Å². The van der Waals surface area contributed by atoms with Gasteiger partial charge in [-0.2, -0.15) is 0 Å². The Balaban J connectivity index is 5.16. The molecule has 0 rings (SSSR count). The molecule has 0 amide bonds. The molecule has 17 nitrogen and oxygen atoms in total. The summed E-state index contributed by atoms with van der Waals surface area (Å²) in [5.74, 6) is -0.481. The number of carbonyl (C=O) groups excluding carboxylic acids is 4. The molecule has 0 aliphatic rings. The van der Waals surface area contributed by atoms with Crippen LogP contribution in [0, 0.1) is 11.8 Å². The van der Waals surface area contributed by atoms with E-state index in [0.717, 1.165) is 108 Å². The minimum Gasteiger partial charge on any atom is -0.462 e. The van der Waals surface area contributed by atoms with Gasteiger partial charge >= 0.3 is 39.5 Å². The molecule has 7 atom stereocenters. The number of unbranched alkanes of at least 4 members (excludes halogenated alkanes) is 36. The second kappa shape index (κ2) is 61.3. The molecule has 0 fully saturated rings. The highest BCUT2D eigenvalue weighted by molar-refractivity contribution is 7.47. The Kier molecular flexibility index (Phi) is 59.9. The SMILES string of the molecule is CCCCCCCCCCCCCC(=O)O[C@H](COC(=O)CCCCCCC)COP(=O)(O)OC[C@H](O)COP(=O)(O)OC[C@@H](COC(=O)CCCCCCCCCCCCC(C)CC)OC(=O)CCCCCCCCCCCCCCCCC(C)CC. The van der Waals surface area contributed by atoms with Gasteiger partial charge in [-0.25, -0.2) is 9.13 Å². The van der Waals surface area contributed by atoms with E-state index in [1.807, 2.05) is 0 Å². The molecule has 0 aromatic carbocycles. The van der Waals surface area contributed by atoms with Gasteiger partial charge in [-0.15, -0.1) is 0 Å². The quantitative estimate of drug-likeness (QED) is 0.0222. The van der Waals surface area contributed by atoms with E-state index in [9.17, 15) is 43.2 Å². The third-order valence-corrected chi connectivity index (χ3v) is 18.6. The van der Waals surface area contributed by atoms with E-state index in [2.05, 4.69) is 41.5 Å². The summed E-state index contributed by atoms with van der Waals surface area (Å²) >= 11 is 0. The zero-order valence-electron chi connectivity index (χ0n) is 57.0. The Morgan fingerprint density at radius 3 is 0.807 bits per heavy atom. The van der Waals surface area contributed by atoms with Crippen molar-refractivity contribution in [3.05, 3.63) is 0 Å². The van der Waals surface area contributed by atoms with Gasteiger partial charge in [-0.1, -0.05) is 298 Å². The minimum absolute atomic E-state index is 0.106. The van der Waals surface area contributed by atoms with Crippen molar-refractivity contribution in [3.63, 3.8) is 0 Å². The Hall–Kier alpha value is -1.94. The molecule has 0 heterocycles. The number of aliphatic hydroxyl groups is 1. The van der Waals surface area contributed by atoms with Crippen LogP contribution in [0.4, 0.5) is 0 Å². The number of phosphoric ester groups is 2. The molecule has 0 saturated carbocycles. The standard InChI is InChI=1S/C69H134O17P2/c1-7-11-13-15-16-17-22-30-35-41-47-53-68(73)85-64(57-79-66(71)51-45-37-14-12-8-2)59-83-87(75,76)81-55-63(70)56-82-88(77,78)84-60-65(58-80-67(72)52-46-40-34-29-26-25-28-33-39-44-50-62(6)10-4)86-69(74)54-48-42-36-31-24-21-19-18-20-23-27-32-38-43-49-61(5)9-3/h61-65,70H,7-60H2,1-6H3,(H,75,76)(H,77,78)/t61?,62?,63-,64+,65+/m0/s1. The normalized spacial score (nSPS) is 14.8. The fraction of sp³-hybridized carbons (Fsp3) is 0.942. The molecular weight excluding hydrogens is 1160 g/mol. The number of aliphatic hydroxyl groups excluding tert-OH is 1. The monoisotopic (exact) mass is 1300 g/mol. The summed E-state index contributed by atoms with van der Waals surface area (Å²) < 4.78 is 68.0. The topological polar surface area (TPSA) is 237 Å². The zero-order valence-corrected chi connectivity index (χ0v) is 58.8. The number of phosphoric acid groups is 2. The zero-order chi connectivity index (χ0) is 65.0. The van der Waals surface area contributed by atoms with Crippen LogP contribution in [0.1, 0.15) is 350 Å². The van der Waals surface area contributed by atoms with Crippen molar-refractivity contribution >= 4 is 39.5 Å². The highest BCUT2D eigenvalue weighted by Crippen LogP contribution is 2.45. The maximum atomic E-state index is 13.0. The predicted molar refractivity (Wildman–Crippen MR) is 354 cm³/mol. The molecule has 0 spiro atoms. The fourth-order valence-electron chi connectivity index (χ4n) is 10.4. The van der Waals surface area contributed by atoms with E-state index in [1.165, 1.54) is 161 Å². The van der Waals surface area contributed by atoms with Gasteiger partial charge < -0.3 is 33.8 Å². The fourth-order valence-corrected chi connectivity index (χ4v) is 11.9. The van der Waals surface area contributed by atoms with Crippen molar-refractivity contribution in [2.45, 2.75) is 368 Å². The lowest BCUT2D eigenvalue weighted by molar-refractivity contribution is -0.161. The molecule has 3 N–H and O–H groups in total. The summed E-state index contributed by atoms with van der Waals surface area (Å²) in [6.45, 7) is 9.53. The van der Waals surface area contributed by atoms with Crippen LogP contribution in [0.5, 0.6) is 0 Å². The molecule has 0 radical (unpaired) electrons. The van der Waals surface area contributed by atoms with Crippen molar-refractivity contribution in [2.75, 3.05) is 39.6 Å². The van der Waals surface area contributed by atoms with Gasteiger partial charge in [-0.05, 0) is 37.5 Å². The Morgan fingerprint density at radius 2 is 0.545 bits per heavy atom. The molecular formula is C69H134O17P2. The first-order valence-electron chi connectivity index (χ1n) is 36.1. The van der Waals surface area contributed by atoms with Gasteiger partial charge in [0.15, 0.2) is 12.2 Å². The van der Waals surface area contributed by atoms with E-state index in [-0.39, 0.29) is 25.7 Å². The van der Waals surface area contributed by atoms with Crippen LogP contribution in [-0.2, 0) is 65.4 Å². The molecule has 0 saturated heterocycles. The van der Waals surface area contributed by atoms with Crippen molar-refractivity contribution in [1.82, 2.24) is 0 Å². The van der Waals surface area contributed by atoms with Gasteiger partial charge in [-0.3, -0.25) is 37.3 Å². The third-order valence-electron chi connectivity index (χ3n) is 16.7.